The lowest BCUT2D eigenvalue weighted by molar-refractivity contribution is -0.412. The molecule has 61 nitrogen and oxygen atoms in total. The number of rotatable bonds is 36. The first-order valence-electron chi connectivity index (χ1n) is 43.6. The quantitative estimate of drug-likeness (QED) is 0.0277. The SMILES string of the molecule is CC(=O)N[C@@H]1[C@@H](O)[C@H](O[C@@H]2O[C@H](CO)[C@@H](O[C@@H]3O[C@H](CO[C@H]4O[C@H](CO[C@H]5O[C@H](CO)[C@@H](O)[C@H](O[C@H]6O[C@H](CO)[C@@H](O)[C@H](O)[C@@H]6O)[C@@H]5O)[C@@H](O)[C@H](O[C@H]5O[C@H](CO)[C@@H](O)[C@H](O)[C@@H]5O)[C@@H]4O)[C@@H](O[C@@H]4O[C@H](CO)[C@@H](O)[C@H](O)[C@H]4NC(C)=O)[C@H](O[C@H]4O[C@H](CO)[C@@H](O[C@@H]5O[C@H](CO)[C@@H](O)[C@H](O)[C@H]5NC(C)=O)[C@H](O)[C@@H]4O[C@@H]4O[C@H](CO)[C@@H](O)[C@H](O)[C@H]4NC(C)=O)[C@@H]3O)[C@H](O)[C@H]2NC(C)=O)[C@@H](CO)O[C@H]1O. The Balaban J connectivity index is 1.05. The van der Waals surface area contributed by atoms with E-state index < -0.39 is 440 Å². The van der Waals surface area contributed by atoms with Crippen LogP contribution in [-0.4, -0.2) is 593 Å². The minimum atomic E-state index is -2.87. The van der Waals surface area contributed by atoms with Gasteiger partial charge in [-0.1, -0.05) is 0 Å². The van der Waals surface area contributed by atoms with Crippen molar-refractivity contribution < 1.29 is 277 Å². The summed E-state index contributed by atoms with van der Waals surface area (Å²) in [6, 6.07) is -9.87. The molecule has 11 rings (SSSR count). The van der Waals surface area contributed by atoms with Crippen LogP contribution in [0.3, 0.4) is 0 Å². The van der Waals surface area contributed by atoms with Crippen molar-refractivity contribution in [2.24, 2.45) is 0 Å². The third kappa shape index (κ3) is 25.2. The molecule has 0 aromatic rings. The Morgan fingerprint density at radius 3 is 0.803 bits per heavy atom. The van der Waals surface area contributed by atoms with Crippen molar-refractivity contribution in [3.63, 3.8) is 0 Å². The molecule has 11 aliphatic rings. The average Bonchev–Trinajstić information content (AvgIpc) is 0.748. The molecule has 0 radical (unpaired) electrons. The van der Waals surface area contributed by atoms with Gasteiger partial charge in [0, 0.05) is 34.6 Å². The van der Waals surface area contributed by atoms with Gasteiger partial charge in [0.05, 0.1) is 72.7 Å². The number of hydrogen-bond donors (Lipinski definition) is 35. The fourth-order valence-corrected chi connectivity index (χ4v) is 17.7. The summed E-state index contributed by atoms with van der Waals surface area (Å²) in [5.74, 6) is -4.88. The van der Waals surface area contributed by atoms with Crippen molar-refractivity contribution in [3.8, 4) is 0 Å². The van der Waals surface area contributed by atoms with Gasteiger partial charge >= 0.3 is 0 Å². The fraction of sp³-hybridized carbons (Fsp3) is 0.934. The molecule has 0 bridgehead atoms. The Morgan fingerprint density at radius 1 is 0.190 bits per heavy atom. The van der Waals surface area contributed by atoms with Crippen molar-refractivity contribution >= 4 is 29.5 Å². The summed E-state index contributed by atoms with van der Waals surface area (Å²) in [7, 11) is 0. The largest absolute Gasteiger partial charge is 0.394 e. The second-order valence-electron chi connectivity index (χ2n) is 34.6. The van der Waals surface area contributed by atoms with Gasteiger partial charge in [-0.2, -0.15) is 0 Å². The predicted octanol–water partition coefficient (Wildman–Crippen LogP) is -24.3. The zero-order chi connectivity index (χ0) is 101. The first-order valence-corrected chi connectivity index (χ1v) is 43.6. The van der Waals surface area contributed by atoms with E-state index in [0.29, 0.717) is 0 Å². The molecule has 0 aromatic carbocycles. The Hall–Kier alpha value is -4.69. The highest BCUT2D eigenvalue weighted by atomic mass is 16.8. The second kappa shape index (κ2) is 49.5. The van der Waals surface area contributed by atoms with Gasteiger partial charge in [-0.05, 0) is 0 Å². The number of nitrogens with one attached hydrogen (secondary N) is 5. The molecule has 11 aliphatic heterocycles. The summed E-state index contributed by atoms with van der Waals surface area (Å²) in [5, 5.41) is 352. The van der Waals surface area contributed by atoms with Gasteiger partial charge in [0.25, 0.3) is 0 Å². The zero-order valence-electron chi connectivity index (χ0n) is 73.6. The van der Waals surface area contributed by atoms with Crippen LogP contribution < -0.4 is 26.6 Å². The Kier molecular flexibility index (Phi) is 40.7. The van der Waals surface area contributed by atoms with E-state index in [4.69, 9.17) is 99.5 Å². The molecule has 0 unspecified atom stereocenters. The smallest absolute Gasteiger partial charge is 0.217 e. The fourth-order valence-electron chi connectivity index (χ4n) is 17.7. The van der Waals surface area contributed by atoms with Crippen LogP contribution in [0, 0.1) is 0 Å². The highest BCUT2D eigenvalue weighted by molar-refractivity contribution is 5.75. The van der Waals surface area contributed by atoms with Crippen LogP contribution in [0.25, 0.3) is 0 Å². The van der Waals surface area contributed by atoms with E-state index in [-0.39, 0.29) is 0 Å². The normalized spacial score (nSPS) is 48.9. The van der Waals surface area contributed by atoms with Gasteiger partial charge in [0.15, 0.2) is 69.2 Å². The molecule has 5 amide bonds. The summed E-state index contributed by atoms with van der Waals surface area (Å²) in [6.07, 6.45) is -112. The summed E-state index contributed by atoms with van der Waals surface area (Å²) < 4.78 is 128. The number of ether oxygens (including phenoxy) is 21. The summed E-state index contributed by atoms with van der Waals surface area (Å²) in [6.45, 7) is -8.72. The Morgan fingerprint density at radius 2 is 0.423 bits per heavy atom. The highest BCUT2D eigenvalue weighted by Crippen LogP contribution is 2.43. The van der Waals surface area contributed by atoms with E-state index in [1.807, 2.05) is 0 Å². The van der Waals surface area contributed by atoms with Crippen molar-refractivity contribution in [2.75, 3.05) is 72.7 Å². The Bertz CT molecular complexity index is 3780. The topological polar surface area (TPSA) is 946 Å². The molecular weight excluding hydrogens is 1880 g/mol. The first-order chi connectivity index (χ1) is 64.8. The number of hydrogen-bond acceptors (Lipinski definition) is 56. The second-order valence-corrected chi connectivity index (χ2v) is 34.6. The molecule has 0 aliphatic carbocycles. The zero-order valence-corrected chi connectivity index (χ0v) is 73.6. The van der Waals surface area contributed by atoms with Gasteiger partial charge < -0.3 is 279 Å². The molecule has 11 saturated heterocycles. The van der Waals surface area contributed by atoms with Crippen LogP contribution in [0.2, 0.25) is 0 Å². The molecule has 0 spiro atoms. The van der Waals surface area contributed by atoms with Crippen molar-refractivity contribution in [3.05, 3.63) is 0 Å². The van der Waals surface area contributed by atoms with Crippen molar-refractivity contribution in [2.45, 2.75) is 372 Å². The maximum absolute atomic E-state index is 13.6. The average molecular weight is 2010 g/mol. The van der Waals surface area contributed by atoms with Gasteiger partial charge in [-0.15, -0.1) is 0 Å². The summed E-state index contributed by atoms with van der Waals surface area (Å²) in [4.78, 5) is 64.9. The van der Waals surface area contributed by atoms with Crippen molar-refractivity contribution in [1.82, 2.24) is 26.6 Å². The number of amides is 5. The van der Waals surface area contributed by atoms with Gasteiger partial charge in [-0.25, -0.2) is 0 Å². The van der Waals surface area contributed by atoms with Crippen LogP contribution in [0.1, 0.15) is 34.6 Å². The molecule has 137 heavy (non-hydrogen) atoms. The molecular formula is C76H127N5O56. The summed E-state index contributed by atoms with van der Waals surface area (Å²) >= 11 is 0. The maximum Gasteiger partial charge on any atom is 0.217 e. The van der Waals surface area contributed by atoms with E-state index in [0.717, 1.165) is 34.6 Å². The van der Waals surface area contributed by atoms with E-state index in [2.05, 4.69) is 26.6 Å². The van der Waals surface area contributed by atoms with Crippen LogP contribution >= 0.6 is 0 Å². The minimum Gasteiger partial charge on any atom is -0.394 e. The lowest BCUT2D eigenvalue weighted by atomic mass is 9.93. The number of carbonyl (C=O) groups excluding carboxylic acids is 5. The van der Waals surface area contributed by atoms with E-state index in [9.17, 15) is 177 Å². The molecule has 0 aromatic heterocycles. The van der Waals surface area contributed by atoms with Gasteiger partial charge in [-0.3, -0.25) is 24.0 Å². The third-order valence-electron chi connectivity index (χ3n) is 25.0. The first kappa shape index (κ1) is 113. The monoisotopic (exact) mass is 2010 g/mol. The third-order valence-corrected chi connectivity index (χ3v) is 25.0. The lowest BCUT2D eigenvalue weighted by Gasteiger charge is -2.53. The molecule has 11 heterocycles. The molecule has 55 atom stereocenters. The van der Waals surface area contributed by atoms with Crippen LogP contribution in [0.4, 0.5) is 0 Å². The van der Waals surface area contributed by atoms with Crippen LogP contribution in [-0.2, 0) is 123 Å². The van der Waals surface area contributed by atoms with Crippen LogP contribution in [0.5, 0.6) is 0 Å². The predicted molar refractivity (Wildman–Crippen MR) is 420 cm³/mol. The molecule has 11 fully saturated rings. The van der Waals surface area contributed by atoms with Crippen LogP contribution in [0.15, 0.2) is 0 Å². The van der Waals surface area contributed by atoms with E-state index in [1.54, 1.807) is 0 Å². The highest BCUT2D eigenvalue weighted by Gasteiger charge is 2.63. The Labute approximate surface area is 775 Å². The molecule has 0 saturated carbocycles. The van der Waals surface area contributed by atoms with E-state index in [1.165, 1.54) is 0 Å². The summed E-state index contributed by atoms with van der Waals surface area (Å²) in [5.41, 5.74) is 0. The minimum absolute atomic E-state index is 0.847. The lowest BCUT2D eigenvalue weighted by Crippen LogP contribution is -2.72. The molecule has 35 N–H and O–H groups in total. The number of carbonyl (C=O) groups is 5. The van der Waals surface area contributed by atoms with Gasteiger partial charge in [0.2, 0.25) is 29.5 Å². The maximum atomic E-state index is 13.6. The van der Waals surface area contributed by atoms with E-state index >= 15 is 0 Å². The standard InChI is InChI=1S/C76H127N5O56/c1-17(91)77-33-48(106)58(28(12-88)119-66(33)116)130-70-37(81-21(5)95)49(107)59(29(13-89)126-70)132-75-57(115)64(136-76-65(137-69-36(80-20(4)94)47(105)40(98)24(8-84)122-69)54(112)60(30(14-90)127-76)131-67-34(78-18(2)92)45(103)38(96)22(6-82)120-67)61(133-68-35(79-19(3)93)46(104)39(97)23(7-83)121-68)32(129-75)16-118-72-56(114)63(135-74-53(111)51(109)42(100)26(10-86)125-74)44(102)31(128-72)15-117-71-55(113)62(43(101)27(11-87)123-71)134-73-52(110)50(108)41(99)25(9-85)124-73/h22-76,82-90,96-116H,6-16H2,1-5H3,(H,77,91)(H,78,92)(H,79,93)(H,80,94)(H,81,95)/t22-,23-,24-,25-,26-,27-,28-,29-,30-,31-,32-,33-,34-,35-,36-,37-,38-,39-,40-,41-,42-,43-,44-,45-,46-,47-,48-,49-,50+,51+,52+,53+,54+,55+,56+,57+,58-,59-,60-,61-,62+,63+,64-,65+,66-,67+,68+,69+,70+,71+,72+,73-,74-,75+,76-/m1/s1. The molecule has 61 heteroatoms. The van der Waals surface area contributed by atoms with Gasteiger partial charge in [0.1, 0.15) is 268 Å². The number of aliphatic hydroxyl groups is 30. The number of aliphatic hydroxyl groups excluding tert-OH is 30. The van der Waals surface area contributed by atoms with Crippen molar-refractivity contribution in [1.29, 1.82) is 0 Å². The molecule has 792 valence electrons.